The molecule has 0 bridgehead atoms. The van der Waals surface area contributed by atoms with Crippen LogP contribution in [0.15, 0.2) is 18.2 Å². The number of rotatable bonds is 4. The van der Waals surface area contributed by atoms with E-state index in [0.717, 1.165) is 5.56 Å². The van der Waals surface area contributed by atoms with Gasteiger partial charge in [0.1, 0.15) is 0 Å². The van der Waals surface area contributed by atoms with E-state index < -0.39 is 0 Å². The van der Waals surface area contributed by atoms with Crippen molar-refractivity contribution in [1.82, 2.24) is 0 Å². The zero-order valence-electron chi connectivity index (χ0n) is 8.84. The third-order valence-corrected chi connectivity index (χ3v) is 2.26. The van der Waals surface area contributed by atoms with Crippen LogP contribution in [-0.4, -0.2) is 19.6 Å². The molecule has 0 unspecified atom stereocenters. The lowest BCUT2D eigenvalue weighted by Gasteiger charge is -2.07. The number of amides is 1. The fourth-order valence-corrected chi connectivity index (χ4v) is 1.31. The van der Waals surface area contributed by atoms with E-state index >= 15 is 0 Å². The molecule has 0 aliphatic carbocycles. The van der Waals surface area contributed by atoms with Crippen LogP contribution < -0.4 is 5.32 Å². The number of aryl methyl sites for hydroxylation is 1. The number of nitrogens with one attached hydrogen (secondary N) is 1. The number of methoxy groups -OCH3 is 1. The van der Waals surface area contributed by atoms with Gasteiger partial charge in [0.2, 0.25) is 5.91 Å². The van der Waals surface area contributed by atoms with Gasteiger partial charge in [-0.25, -0.2) is 0 Å². The second-order valence-electron chi connectivity index (χ2n) is 3.27. The average Bonchev–Trinajstić information content (AvgIpc) is 2.20. The molecule has 1 N–H and O–H groups in total. The van der Waals surface area contributed by atoms with Gasteiger partial charge in [-0.1, -0.05) is 17.7 Å². The molecular formula is C11H14ClNO2. The predicted molar refractivity (Wildman–Crippen MR) is 61.3 cm³/mol. The first-order valence-corrected chi connectivity index (χ1v) is 5.06. The number of anilines is 1. The first-order valence-electron chi connectivity index (χ1n) is 4.68. The van der Waals surface area contributed by atoms with Gasteiger partial charge in [0.15, 0.2) is 0 Å². The number of carbonyl (C=O) groups excluding carboxylic acids is 1. The lowest BCUT2D eigenvalue weighted by Crippen LogP contribution is -2.13. The maximum absolute atomic E-state index is 11.4. The smallest absolute Gasteiger partial charge is 0.226 e. The molecule has 1 aromatic rings. The summed E-state index contributed by atoms with van der Waals surface area (Å²) >= 11 is 5.93. The van der Waals surface area contributed by atoms with Crippen LogP contribution in [0.4, 0.5) is 5.69 Å². The van der Waals surface area contributed by atoms with Gasteiger partial charge < -0.3 is 10.1 Å². The Labute approximate surface area is 94.4 Å². The van der Waals surface area contributed by atoms with Gasteiger partial charge in [0, 0.05) is 7.11 Å². The monoisotopic (exact) mass is 227 g/mol. The van der Waals surface area contributed by atoms with Crippen molar-refractivity contribution in [3.63, 3.8) is 0 Å². The molecule has 0 fully saturated rings. The van der Waals surface area contributed by atoms with E-state index in [1.807, 2.05) is 19.1 Å². The Morgan fingerprint density at radius 3 is 2.93 bits per heavy atom. The maximum atomic E-state index is 11.4. The molecule has 15 heavy (non-hydrogen) atoms. The van der Waals surface area contributed by atoms with Gasteiger partial charge in [-0.15, -0.1) is 0 Å². The average molecular weight is 228 g/mol. The highest BCUT2D eigenvalue weighted by atomic mass is 35.5. The molecule has 0 saturated heterocycles. The highest BCUT2D eigenvalue weighted by Crippen LogP contribution is 2.22. The molecule has 3 nitrogen and oxygen atoms in total. The molecule has 0 aliphatic rings. The molecular weight excluding hydrogens is 214 g/mol. The molecule has 1 amide bonds. The predicted octanol–water partition coefficient (Wildman–Crippen LogP) is 2.62. The summed E-state index contributed by atoms with van der Waals surface area (Å²) in [5.74, 6) is -0.0932. The number of ether oxygens (including phenoxy) is 1. The van der Waals surface area contributed by atoms with Crippen molar-refractivity contribution in [2.75, 3.05) is 19.0 Å². The molecule has 0 aliphatic heterocycles. The summed E-state index contributed by atoms with van der Waals surface area (Å²) < 4.78 is 4.81. The zero-order chi connectivity index (χ0) is 11.3. The summed E-state index contributed by atoms with van der Waals surface area (Å²) in [7, 11) is 1.56. The fraction of sp³-hybridized carbons (Fsp3) is 0.364. The number of hydrogen-bond donors (Lipinski definition) is 1. The molecule has 0 spiro atoms. The van der Waals surface area contributed by atoms with Gasteiger partial charge in [-0.3, -0.25) is 4.79 Å². The van der Waals surface area contributed by atoms with E-state index in [0.29, 0.717) is 23.7 Å². The first kappa shape index (κ1) is 12.0. The summed E-state index contributed by atoms with van der Waals surface area (Å²) in [6, 6.07) is 5.50. The zero-order valence-corrected chi connectivity index (χ0v) is 9.60. The lowest BCUT2D eigenvalue weighted by atomic mass is 10.2. The van der Waals surface area contributed by atoms with Gasteiger partial charge in [0.25, 0.3) is 0 Å². The van der Waals surface area contributed by atoms with E-state index in [-0.39, 0.29) is 5.91 Å². The molecule has 82 valence electrons. The number of benzene rings is 1. The lowest BCUT2D eigenvalue weighted by molar-refractivity contribution is -0.117. The number of carbonyl (C=O) groups is 1. The summed E-state index contributed by atoms with van der Waals surface area (Å²) in [5.41, 5.74) is 1.71. The molecule has 0 atom stereocenters. The van der Waals surface area contributed by atoms with Crippen molar-refractivity contribution in [2.45, 2.75) is 13.3 Å². The van der Waals surface area contributed by atoms with Crippen molar-refractivity contribution in [3.8, 4) is 0 Å². The Morgan fingerprint density at radius 1 is 1.53 bits per heavy atom. The summed E-state index contributed by atoms with van der Waals surface area (Å²) in [5, 5.41) is 3.28. The van der Waals surface area contributed by atoms with Crippen LogP contribution in [0.3, 0.4) is 0 Å². The van der Waals surface area contributed by atoms with E-state index in [9.17, 15) is 4.79 Å². The Balaban J connectivity index is 2.63. The van der Waals surface area contributed by atoms with Crippen molar-refractivity contribution in [2.24, 2.45) is 0 Å². The third-order valence-electron chi connectivity index (χ3n) is 1.93. The van der Waals surface area contributed by atoms with E-state index in [2.05, 4.69) is 5.32 Å². The van der Waals surface area contributed by atoms with Gasteiger partial charge in [-0.05, 0) is 24.6 Å². The maximum Gasteiger partial charge on any atom is 0.226 e. The SMILES string of the molecule is COCCC(=O)Nc1cc(C)ccc1Cl. The first-order chi connectivity index (χ1) is 7.13. The minimum atomic E-state index is -0.0932. The third kappa shape index (κ3) is 3.90. The molecule has 4 heteroatoms. The van der Waals surface area contributed by atoms with Crippen LogP contribution in [0, 0.1) is 6.92 Å². The van der Waals surface area contributed by atoms with Crippen molar-refractivity contribution >= 4 is 23.2 Å². The normalized spacial score (nSPS) is 10.1. The summed E-state index contributed by atoms with van der Waals surface area (Å²) in [4.78, 5) is 11.4. The van der Waals surface area contributed by atoms with Crippen LogP contribution in [0.5, 0.6) is 0 Å². The highest BCUT2D eigenvalue weighted by Gasteiger charge is 2.05. The second kappa shape index (κ2) is 5.73. The Kier molecular flexibility index (Phi) is 4.59. The second-order valence-corrected chi connectivity index (χ2v) is 3.68. The molecule has 0 saturated carbocycles. The van der Waals surface area contributed by atoms with Crippen molar-refractivity contribution in [1.29, 1.82) is 0 Å². The fourth-order valence-electron chi connectivity index (χ4n) is 1.14. The quantitative estimate of drug-likeness (QED) is 0.859. The van der Waals surface area contributed by atoms with Gasteiger partial charge in [0.05, 0.1) is 23.7 Å². The minimum Gasteiger partial charge on any atom is -0.384 e. The standard InChI is InChI=1S/C11H14ClNO2/c1-8-3-4-9(12)10(7-8)13-11(14)5-6-15-2/h3-4,7H,5-6H2,1-2H3,(H,13,14). The molecule has 0 heterocycles. The highest BCUT2D eigenvalue weighted by molar-refractivity contribution is 6.33. The van der Waals surface area contributed by atoms with Crippen LogP contribution >= 0.6 is 11.6 Å². The van der Waals surface area contributed by atoms with Crippen LogP contribution in [0.1, 0.15) is 12.0 Å². The minimum absolute atomic E-state index is 0.0932. The van der Waals surface area contributed by atoms with E-state index in [1.54, 1.807) is 13.2 Å². The summed E-state index contributed by atoms with van der Waals surface area (Å²) in [6.07, 6.45) is 0.334. The van der Waals surface area contributed by atoms with Crippen LogP contribution in [0.25, 0.3) is 0 Å². The largest absolute Gasteiger partial charge is 0.384 e. The topological polar surface area (TPSA) is 38.3 Å². The van der Waals surface area contributed by atoms with E-state index in [1.165, 1.54) is 0 Å². The molecule has 0 radical (unpaired) electrons. The van der Waals surface area contributed by atoms with Crippen molar-refractivity contribution in [3.05, 3.63) is 28.8 Å². The molecule has 0 aromatic heterocycles. The van der Waals surface area contributed by atoms with Gasteiger partial charge in [-0.2, -0.15) is 0 Å². The Bertz CT molecular complexity index is 352. The summed E-state index contributed by atoms with van der Waals surface area (Å²) in [6.45, 7) is 2.36. The van der Waals surface area contributed by atoms with Crippen molar-refractivity contribution < 1.29 is 9.53 Å². The molecule has 1 aromatic carbocycles. The Morgan fingerprint density at radius 2 is 2.27 bits per heavy atom. The van der Waals surface area contributed by atoms with Gasteiger partial charge >= 0.3 is 0 Å². The van der Waals surface area contributed by atoms with Crippen LogP contribution in [-0.2, 0) is 9.53 Å². The van der Waals surface area contributed by atoms with E-state index in [4.69, 9.17) is 16.3 Å². The number of halogens is 1. The number of hydrogen-bond acceptors (Lipinski definition) is 2. The Hall–Kier alpha value is -1.06. The molecule has 1 rings (SSSR count). The van der Waals surface area contributed by atoms with Crippen LogP contribution in [0.2, 0.25) is 5.02 Å².